The number of anilines is 1. The van der Waals surface area contributed by atoms with Crippen molar-refractivity contribution in [2.75, 3.05) is 5.73 Å². The summed E-state index contributed by atoms with van der Waals surface area (Å²) in [7, 11) is -3.66. The quantitative estimate of drug-likeness (QED) is 0.887. The van der Waals surface area contributed by atoms with E-state index in [-0.39, 0.29) is 16.0 Å². The van der Waals surface area contributed by atoms with E-state index in [2.05, 4.69) is 30.5 Å². The van der Waals surface area contributed by atoms with Gasteiger partial charge in [0.15, 0.2) is 0 Å². The first-order chi connectivity index (χ1) is 8.43. The van der Waals surface area contributed by atoms with Crippen molar-refractivity contribution in [3.63, 3.8) is 0 Å². The molecule has 5 nitrogen and oxygen atoms in total. The number of nitrogen functional groups attached to an aromatic ring is 1. The smallest absolute Gasteiger partial charge is 0.244 e. The Balaban J connectivity index is 3.01. The van der Waals surface area contributed by atoms with Crippen LogP contribution in [-0.4, -0.2) is 18.9 Å². The van der Waals surface area contributed by atoms with Gasteiger partial charge in [-0.15, -0.1) is 0 Å². The molecule has 0 spiro atoms. The molecule has 0 fully saturated rings. The Morgan fingerprint density at radius 2 is 1.84 bits per heavy atom. The summed E-state index contributed by atoms with van der Waals surface area (Å²) in [5, 5.41) is 0. The molecule has 1 heterocycles. The van der Waals surface area contributed by atoms with Gasteiger partial charge in [0.2, 0.25) is 10.0 Å². The highest BCUT2D eigenvalue weighted by molar-refractivity contribution is 7.89. The fourth-order valence-electron chi connectivity index (χ4n) is 2.40. The first kappa shape index (κ1) is 15.9. The molecule has 1 aromatic rings. The van der Waals surface area contributed by atoms with Gasteiger partial charge in [0.25, 0.3) is 0 Å². The van der Waals surface area contributed by atoms with E-state index in [1.54, 1.807) is 0 Å². The maximum Gasteiger partial charge on any atom is 0.244 e. The maximum atomic E-state index is 12.3. The third-order valence-corrected chi connectivity index (χ3v) is 4.23. The zero-order valence-corrected chi connectivity index (χ0v) is 13.0. The minimum absolute atomic E-state index is 0.0203. The summed E-state index contributed by atoms with van der Waals surface area (Å²) in [6.45, 7) is 9.94. The third-order valence-electron chi connectivity index (χ3n) is 2.49. The van der Waals surface area contributed by atoms with Crippen molar-refractivity contribution in [1.29, 1.82) is 0 Å². The van der Waals surface area contributed by atoms with E-state index < -0.39 is 15.6 Å². The summed E-state index contributed by atoms with van der Waals surface area (Å²) in [6.07, 6.45) is 3.44. The summed E-state index contributed by atoms with van der Waals surface area (Å²) in [4.78, 5) is 3.84. The number of hydrogen-bond acceptors (Lipinski definition) is 4. The molecule has 0 bridgehead atoms. The standard InChI is InChI=1S/C13H23N3O2S/c1-12(2,3)9-13(4,5)16-19(17,18)11-8-15-7-6-10(11)14/h6-8,16H,9H2,1-5H3,(H2,14,15). The van der Waals surface area contributed by atoms with Crippen molar-refractivity contribution in [3.05, 3.63) is 18.5 Å². The SMILES string of the molecule is CC(C)(C)CC(C)(C)NS(=O)(=O)c1cnccc1N. The number of nitrogens with zero attached hydrogens (tertiary/aromatic N) is 1. The molecular formula is C13H23N3O2S. The number of rotatable bonds is 4. The molecule has 108 valence electrons. The topological polar surface area (TPSA) is 85.1 Å². The molecule has 0 aliphatic carbocycles. The normalized spacial score (nSPS) is 13.5. The van der Waals surface area contributed by atoms with Crippen LogP contribution in [-0.2, 0) is 10.0 Å². The van der Waals surface area contributed by atoms with Crippen molar-refractivity contribution in [3.8, 4) is 0 Å². The van der Waals surface area contributed by atoms with E-state index in [0.717, 1.165) is 0 Å². The molecule has 0 atom stereocenters. The molecule has 0 amide bonds. The summed E-state index contributed by atoms with van der Waals surface area (Å²) >= 11 is 0. The van der Waals surface area contributed by atoms with E-state index in [4.69, 9.17) is 5.73 Å². The summed E-state index contributed by atoms with van der Waals surface area (Å²) in [5.41, 5.74) is 5.36. The van der Waals surface area contributed by atoms with Crippen LogP contribution in [0.5, 0.6) is 0 Å². The lowest BCUT2D eigenvalue weighted by atomic mass is 9.82. The van der Waals surface area contributed by atoms with Crippen LogP contribution in [0, 0.1) is 5.41 Å². The highest BCUT2D eigenvalue weighted by Crippen LogP contribution is 2.28. The zero-order chi connectivity index (χ0) is 14.9. The first-order valence-electron chi connectivity index (χ1n) is 6.16. The van der Waals surface area contributed by atoms with Gasteiger partial charge in [-0.05, 0) is 31.7 Å². The van der Waals surface area contributed by atoms with Crippen LogP contribution in [0.1, 0.15) is 41.0 Å². The monoisotopic (exact) mass is 285 g/mol. The molecule has 0 aromatic carbocycles. The Morgan fingerprint density at radius 3 is 2.32 bits per heavy atom. The molecule has 1 rings (SSSR count). The third kappa shape index (κ3) is 4.80. The summed E-state index contributed by atoms with van der Waals surface area (Å²) in [5.74, 6) is 0. The Bertz CT molecular complexity index is 545. The molecule has 6 heteroatoms. The second-order valence-corrected chi connectivity index (χ2v) is 8.29. The number of nitrogens with one attached hydrogen (secondary N) is 1. The van der Waals surface area contributed by atoms with Gasteiger partial charge in [-0.1, -0.05) is 20.8 Å². The number of aromatic nitrogens is 1. The van der Waals surface area contributed by atoms with Crippen LogP contribution >= 0.6 is 0 Å². The van der Waals surface area contributed by atoms with Crippen LogP contribution in [0.15, 0.2) is 23.4 Å². The largest absolute Gasteiger partial charge is 0.398 e. The van der Waals surface area contributed by atoms with Crippen LogP contribution in [0.3, 0.4) is 0 Å². The lowest BCUT2D eigenvalue weighted by Crippen LogP contribution is -2.45. The summed E-state index contributed by atoms with van der Waals surface area (Å²) < 4.78 is 27.3. The minimum atomic E-state index is -3.66. The number of pyridine rings is 1. The number of nitrogens with two attached hydrogens (primary N) is 1. The molecule has 0 saturated heterocycles. The fraction of sp³-hybridized carbons (Fsp3) is 0.615. The van der Waals surface area contributed by atoms with Crippen molar-refractivity contribution in [2.24, 2.45) is 5.41 Å². The van der Waals surface area contributed by atoms with Gasteiger partial charge < -0.3 is 5.73 Å². The first-order valence-corrected chi connectivity index (χ1v) is 7.65. The molecule has 0 aliphatic heterocycles. The average molecular weight is 285 g/mol. The predicted molar refractivity (Wildman–Crippen MR) is 77.1 cm³/mol. The Hall–Kier alpha value is -1.14. The number of sulfonamides is 1. The molecule has 0 aliphatic rings. The molecule has 0 saturated carbocycles. The van der Waals surface area contributed by atoms with Crippen LogP contribution in [0.25, 0.3) is 0 Å². The van der Waals surface area contributed by atoms with Crippen molar-refractivity contribution >= 4 is 15.7 Å². The average Bonchev–Trinajstić information content (AvgIpc) is 2.11. The van der Waals surface area contributed by atoms with Crippen LogP contribution < -0.4 is 10.5 Å². The molecule has 19 heavy (non-hydrogen) atoms. The van der Waals surface area contributed by atoms with Gasteiger partial charge in [-0.3, -0.25) is 4.98 Å². The van der Waals surface area contributed by atoms with E-state index >= 15 is 0 Å². The molecule has 0 radical (unpaired) electrons. The van der Waals surface area contributed by atoms with E-state index in [1.807, 2.05) is 13.8 Å². The predicted octanol–water partition coefficient (Wildman–Crippen LogP) is 2.16. The van der Waals surface area contributed by atoms with Gasteiger partial charge in [0.1, 0.15) is 4.90 Å². The van der Waals surface area contributed by atoms with E-state index in [1.165, 1.54) is 18.5 Å². The number of hydrogen-bond donors (Lipinski definition) is 2. The van der Waals surface area contributed by atoms with Crippen molar-refractivity contribution in [2.45, 2.75) is 51.5 Å². The highest BCUT2D eigenvalue weighted by atomic mass is 32.2. The zero-order valence-electron chi connectivity index (χ0n) is 12.2. The maximum absolute atomic E-state index is 12.3. The Labute approximate surface area is 115 Å². The molecular weight excluding hydrogens is 262 g/mol. The van der Waals surface area contributed by atoms with Crippen molar-refractivity contribution < 1.29 is 8.42 Å². The highest BCUT2D eigenvalue weighted by Gasteiger charge is 2.31. The van der Waals surface area contributed by atoms with Gasteiger partial charge >= 0.3 is 0 Å². The van der Waals surface area contributed by atoms with Gasteiger partial charge in [0, 0.05) is 17.9 Å². The second-order valence-electron chi connectivity index (χ2n) is 6.64. The fourth-order valence-corrected chi connectivity index (χ4v) is 3.88. The molecule has 1 aromatic heterocycles. The Kier molecular flexibility index (Phi) is 4.27. The van der Waals surface area contributed by atoms with E-state index in [0.29, 0.717) is 6.42 Å². The van der Waals surface area contributed by atoms with Crippen molar-refractivity contribution in [1.82, 2.24) is 9.71 Å². The van der Waals surface area contributed by atoms with E-state index in [9.17, 15) is 8.42 Å². The van der Waals surface area contributed by atoms with Gasteiger partial charge in [-0.25, -0.2) is 13.1 Å². The summed E-state index contributed by atoms with van der Waals surface area (Å²) in [6, 6.07) is 1.48. The van der Waals surface area contributed by atoms with Crippen LogP contribution in [0.2, 0.25) is 0 Å². The molecule has 3 N–H and O–H groups in total. The second kappa shape index (κ2) is 5.09. The minimum Gasteiger partial charge on any atom is -0.398 e. The molecule has 0 unspecified atom stereocenters. The lowest BCUT2D eigenvalue weighted by molar-refractivity contribution is 0.269. The van der Waals surface area contributed by atoms with Crippen LogP contribution in [0.4, 0.5) is 5.69 Å². The van der Waals surface area contributed by atoms with Gasteiger partial charge in [0.05, 0.1) is 5.69 Å². The van der Waals surface area contributed by atoms with Gasteiger partial charge in [-0.2, -0.15) is 0 Å². The Morgan fingerprint density at radius 1 is 1.26 bits per heavy atom. The lowest BCUT2D eigenvalue weighted by Gasteiger charge is -2.33.